The average molecular weight is 204 g/mol. The minimum Gasteiger partial charge on any atom is -0.469 e. The summed E-state index contributed by atoms with van der Waals surface area (Å²) in [5, 5.41) is 0. The third-order valence-corrected chi connectivity index (χ3v) is 2.00. The summed E-state index contributed by atoms with van der Waals surface area (Å²) in [7, 11) is -0.883. The molecule has 0 aliphatic carbocycles. The second kappa shape index (κ2) is 6.65. The molecule has 0 aliphatic heterocycles. The maximum Gasteiger partial charge on any atom is 0.317 e. The van der Waals surface area contributed by atoms with Crippen molar-refractivity contribution >= 4 is 20.7 Å². The molecule has 0 unspecified atom stereocenters. The molecule has 0 amide bonds. The van der Waals surface area contributed by atoms with Crippen LogP contribution in [0.25, 0.3) is 0 Å². The van der Waals surface area contributed by atoms with Gasteiger partial charge in [0.15, 0.2) is 0 Å². The van der Waals surface area contributed by atoms with E-state index in [1.165, 1.54) is 0 Å². The number of ether oxygens (including phenoxy) is 2. The number of rotatable bonds is 5. The molecule has 0 rings (SSSR count). The molecule has 0 fully saturated rings. The summed E-state index contributed by atoms with van der Waals surface area (Å²) in [5.41, 5.74) is 0. The average Bonchev–Trinajstić information content (AvgIpc) is 2.01. The Morgan fingerprint density at radius 1 is 1.15 bits per heavy atom. The molecule has 0 aromatic carbocycles. The van der Waals surface area contributed by atoms with Gasteiger partial charge in [-0.2, -0.15) is 0 Å². The quantitative estimate of drug-likeness (QED) is 0.372. The van der Waals surface area contributed by atoms with Crippen LogP contribution in [-0.4, -0.2) is 33.6 Å². The zero-order valence-electron chi connectivity index (χ0n) is 8.33. The first-order valence-electron chi connectivity index (χ1n) is 4.37. The van der Waals surface area contributed by atoms with Crippen molar-refractivity contribution in [3.8, 4) is 0 Å². The predicted molar refractivity (Wildman–Crippen MR) is 51.1 cm³/mol. The molecule has 13 heavy (non-hydrogen) atoms. The lowest BCUT2D eigenvalue weighted by Crippen LogP contribution is -2.19. The van der Waals surface area contributed by atoms with Gasteiger partial charge in [0.05, 0.1) is 21.6 Å². The Kier molecular flexibility index (Phi) is 6.22. The summed E-state index contributed by atoms with van der Waals surface area (Å²) in [6.45, 7) is 6.13. The molecule has 0 spiro atoms. The number of carbonyl (C=O) groups is 2. The number of hydrogen-bond acceptors (Lipinski definition) is 4. The van der Waals surface area contributed by atoms with Crippen LogP contribution in [0.15, 0.2) is 0 Å². The van der Waals surface area contributed by atoms with Crippen molar-refractivity contribution in [1.29, 1.82) is 0 Å². The Hall–Kier alpha value is -0.843. The lowest BCUT2D eigenvalue weighted by Gasteiger charge is -2.05. The van der Waals surface area contributed by atoms with Crippen molar-refractivity contribution in [2.45, 2.75) is 26.4 Å². The van der Waals surface area contributed by atoms with Crippen molar-refractivity contribution in [3.63, 3.8) is 0 Å². The zero-order chi connectivity index (χ0) is 10.3. The van der Waals surface area contributed by atoms with Crippen molar-refractivity contribution in [2.75, 3.05) is 12.8 Å². The van der Waals surface area contributed by atoms with Crippen molar-refractivity contribution in [3.05, 3.63) is 0 Å². The van der Waals surface area contributed by atoms with Crippen LogP contribution in [0, 0.1) is 0 Å². The van der Waals surface area contributed by atoms with Gasteiger partial charge in [-0.15, -0.1) is 0 Å². The molecule has 0 radical (unpaired) electrons. The highest BCUT2D eigenvalue weighted by Gasteiger charge is 2.11. The van der Waals surface area contributed by atoms with E-state index < -0.39 is 20.7 Å². The van der Waals surface area contributed by atoms with E-state index in [0.717, 1.165) is 0 Å². The minimum atomic E-state index is -0.883. The zero-order valence-corrected chi connectivity index (χ0v) is 9.49. The van der Waals surface area contributed by atoms with Crippen LogP contribution in [0.1, 0.15) is 13.3 Å². The predicted octanol–water partition coefficient (Wildman–Crippen LogP) is 0.509. The molecule has 0 atom stereocenters. The van der Waals surface area contributed by atoms with Gasteiger partial charge >= 0.3 is 11.9 Å². The van der Waals surface area contributed by atoms with E-state index in [2.05, 4.69) is 17.8 Å². The fourth-order valence-corrected chi connectivity index (χ4v) is 1.16. The fourth-order valence-electron chi connectivity index (χ4n) is 0.641. The monoisotopic (exact) mass is 204 g/mol. The van der Waals surface area contributed by atoms with E-state index in [4.69, 9.17) is 4.74 Å². The maximum absolute atomic E-state index is 10.9. The Morgan fingerprint density at radius 2 is 1.69 bits per heavy atom. The second-order valence-corrected chi connectivity index (χ2v) is 6.18. The van der Waals surface area contributed by atoms with Crippen LogP contribution < -0.4 is 0 Å². The highest BCUT2D eigenvalue weighted by atomic mass is 28.3. The summed E-state index contributed by atoms with van der Waals surface area (Å²) >= 11 is 0. The van der Waals surface area contributed by atoms with Crippen LogP contribution in [0.2, 0.25) is 13.1 Å². The van der Waals surface area contributed by atoms with Crippen molar-refractivity contribution in [2.24, 2.45) is 0 Å². The molecule has 5 heteroatoms. The first-order valence-corrected chi connectivity index (χ1v) is 7.50. The smallest absolute Gasteiger partial charge is 0.317 e. The van der Waals surface area contributed by atoms with Gasteiger partial charge in [0.1, 0.15) is 6.42 Å². The van der Waals surface area contributed by atoms with Crippen LogP contribution in [0.3, 0.4) is 0 Å². The molecule has 0 aromatic heterocycles. The molecule has 4 nitrogen and oxygen atoms in total. The minimum absolute atomic E-state index is 0.269. The first-order chi connectivity index (χ1) is 6.06. The lowest BCUT2D eigenvalue weighted by molar-refractivity contribution is -0.153. The first kappa shape index (κ1) is 12.2. The second-order valence-electron chi connectivity index (χ2n) is 3.06. The van der Waals surface area contributed by atoms with Gasteiger partial charge in [-0.25, -0.2) is 0 Å². The highest BCUT2D eigenvalue weighted by molar-refractivity contribution is 6.55. The molecular weight excluding hydrogens is 188 g/mol. The summed E-state index contributed by atoms with van der Waals surface area (Å²) < 4.78 is 9.43. The molecule has 0 heterocycles. The van der Waals surface area contributed by atoms with E-state index >= 15 is 0 Å². The van der Waals surface area contributed by atoms with E-state index in [1.54, 1.807) is 6.92 Å². The van der Waals surface area contributed by atoms with Crippen molar-refractivity contribution < 1.29 is 19.1 Å². The van der Waals surface area contributed by atoms with Gasteiger partial charge < -0.3 is 9.47 Å². The third-order valence-electron chi connectivity index (χ3n) is 1.17. The molecule has 0 saturated carbocycles. The Balaban J connectivity index is 3.56. The van der Waals surface area contributed by atoms with Crippen LogP contribution in [0.5, 0.6) is 0 Å². The largest absolute Gasteiger partial charge is 0.469 e. The fraction of sp³-hybridized carbons (Fsp3) is 0.750. The van der Waals surface area contributed by atoms with Gasteiger partial charge in [0.2, 0.25) is 0 Å². The van der Waals surface area contributed by atoms with Gasteiger partial charge in [0.25, 0.3) is 0 Å². The standard InChI is InChI=1S/C8H16O4Si/c1-4-11-7(9)5-8(10)12-6-13(2)3/h13H,4-6H2,1-3H3. The van der Waals surface area contributed by atoms with Crippen LogP contribution in [-0.2, 0) is 19.1 Å². The summed E-state index contributed by atoms with van der Waals surface area (Å²) in [6, 6.07) is 0. The lowest BCUT2D eigenvalue weighted by atomic mass is 10.4. The summed E-state index contributed by atoms with van der Waals surface area (Å²) in [6.07, 6.45) is 0.215. The number of hydrogen-bond donors (Lipinski definition) is 0. The number of esters is 2. The van der Waals surface area contributed by atoms with E-state index in [1.807, 2.05) is 0 Å². The molecule has 0 saturated heterocycles. The van der Waals surface area contributed by atoms with Crippen molar-refractivity contribution in [1.82, 2.24) is 0 Å². The van der Waals surface area contributed by atoms with E-state index in [0.29, 0.717) is 12.8 Å². The van der Waals surface area contributed by atoms with Crippen LogP contribution in [0.4, 0.5) is 0 Å². The number of carbonyl (C=O) groups excluding carboxylic acids is 2. The summed E-state index contributed by atoms with van der Waals surface area (Å²) in [5.74, 6) is -1.00. The molecule has 0 aliphatic rings. The highest BCUT2D eigenvalue weighted by Crippen LogP contribution is 1.92. The third kappa shape index (κ3) is 7.52. The van der Waals surface area contributed by atoms with Gasteiger partial charge in [-0.1, -0.05) is 13.1 Å². The SMILES string of the molecule is CCOC(=O)CC(=O)OC[SiH](C)C. The normalized spacial score (nSPS) is 9.85. The van der Waals surface area contributed by atoms with E-state index in [9.17, 15) is 9.59 Å². The Morgan fingerprint density at radius 3 is 2.15 bits per heavy atom. The molecule has 0 bridgehead atoms. The molecule has 76 valence electrons. The Labute approximate surface area is 79.8 Å². The molecule has 0 N–H and O–H groups in total. The molecule has 0 aromatic rings. The van der Waals surface area contributed by atoms with Gasteiger partial charge in [0, 0.05) is 0 Å². The van der Waals surface area contributed by atoms with Gasteiger partial charge in [-0.3, -0.25) is 9.59 Å². The maximum atomic E-state index is 10.9. The van der Waals surface area contributed by atoms with Gasteiger partial charge in [-0.05, 0) is 6.92 Å². The molecular formula is C8H16O4Si. The Bertz CT molecular complexity index is 179. The van der Waals surface area contributed by atoms with E-state index in [-0.39, 0.29) is 6.42 Å². The summed E-state index contributed by atoms with van der Waals surface area (Å²) in [4.78, 5) is 21.7. The topological polar surface area (TPSA) is 52.6 Å². The van der Waals surface area contributed by atoms with Crippen LogP contribution >= 0.6 is 0 Å².